The number of fused-ring (bicyclic) bond motifs is 1. The normalized spacial score (nSPS) is 14.2. The number of aliphatic hydroxyl groups is 1. The van der Waals surface area contributed by atoms with Crippen molar-refractivity contribution in [1.29, 1.82) is 0 Å². The van der Waals surface area contributed by atoms with Crippen molar-refractivity contribution in [2.45, 2.75) is 19.3 Å². The molecule has 3 rings (SSSR count). The number of halogens is 3. The number of hydrogen-bond acceptors (Lipinski definition) is 6. The molecule has 134 valence electrons. The van der Waals surface area contributed by atoms with E-state index in [1.165, 1.54) is 12.1 Å². The number of aliphatic hydroxyl groups excluding tert-OH is 1. The summed E-state index contributed by atoms with van der Waals surface area (Å²) in [6, 6.07) is 6.16. The van der Waals surface area contributed by atoms with E-state index in [0.717, 1.165) is 11.1 Å². The highest BCUT2D eigenvalue weighted by Gasteiger charge is 2.31. The maximum absolute atomic E-state index is 12.4. The molecule has 0 spiro atoms. The van der Waals surface area contributed by atoms with Gasteiger partial charge >= 0.3 is 6.36 Å². The van der Waals surface area contributed by atoms with Crippen molar-refractivity contribution in [3.05, 3.63) is 41.6 Å². The summed E-state index contributed by atoms with van der Waals surface area (Å²) in [6.45, 7) is 1.43. The van der Waals surface area contributed by atoms with Gasteiger partial charge in [-0.1, -0.05) is 6.07 Å². The average Bonchev–Trinajstić information content (AvgIpc) is 2.58. The molecule has 6 nitrogen and oxygen atoms in total. The molecule has 0 unspecified atom stereocenters. The third-order valence-corrected chi connectivity index (χ3v) is 3.78. The molecule has 9 heteroatoms. The van der Waals surface area contributed by atoms with Crippen molar-refractivity contribution in [3.8, 4) is 5.75 Å². The number of benzene rings is 1. The van der Waals surface area contributed by atoms with Crippen molar-refractivity contribution in [1.82, 2.24) is 9.97 Å². The van der Waals surface area contributed by atoms with E-state index < -0.39 is 6.36 Å². The summed E-state index contributed by atoms with van der Waals surface area (Å²) in [5.41, 5.74) is 1.77. The zero-order valence-corrected chi connectivity index (χ0v) is 13.3. The van der Waals surface area contributed by atoms with Crippen LogP contribution in [-0.2, 0) is 13.0 Å². The van der Waals surface area contributed by atoms with Gasteiger partial charge < -0.3 is 20.1 Å². The van der Waals surface area contributed by atoms with Gasteiger partial charge in [0.15, 0.2) is 0 Å². The maximum Gasteiger partial charge on any atom is 0.573 e. The van der Waals surface area contributed by atoms with E-state index in [9.17, 15) is 13.2 Å². The van der Waals surface area contributed by atoms with Crippen LogP contribution in [-0.4, -0.2) is 41.1 Å². The highest BCUT2D eigenvalue weighted by molar-refractivity contribution is 5.48. The second kappa shape index (κ2) is 7.14. The minimum atomic E-state index is -4.71. The first-order valence-corrected chi connectivity index (χ1v) is 7.75. The van der Waals surface area contributed by atoms with Crippen LogP contribution in [0, 0.1) is 0 Å². The van der Waals surface area contributed by atoms with Crippen molar-refractivity contribution >= 4 is 11.8 Å². The van der Waals surface area contributed by atoms with E-state index in [4.69, 9.17) is 5.11 Å². The van der Waals surface area contributed by atoms with Crippen molar-refractivity contribution in [2.24, 2.45) is 0 Å². The van der Waals surface area contributed by atoms with Gasteiger partial charge in [-0.25, -0.2) is 4.98 Å². The molecule has 1 aromatic heterocycles. The van der Waals surface area contributed by atoms with Crippen LogP contribution in [0.5, 0.6) is 5.75 Å². The zero-order chi connectivity index (χ0) is 17.9. The van der Waals surface area contributed by atoms with Crippen LogP contribution >= 0.6 is 0 Å². The molecule has 1 aliphatic heterocycles. The van der Waals surface area contributed by atoms with Crippen LogP contribution in [0.15, 0.2) is 30.5 Å². The molecule has 0 aliphatic carbocycles. The quantitative estimate of drug-likeness (QED) is 0.859. The van der Waals surface area contributed by atoms with E-state index >= 15 is 0 Å². The van der Waals surface area contributed by atoms with Crippen LogP contribution in [0.1, 0.15) is 11.1 Å². The third kappa shape index (κ3) is 4.50. The van der Waals surface area contributed by atoms with Gasteiger partial charge in [-0.05, 0) is 35.7 Å². The van der Waals surface area contributed by atoms with Crippen molar-refractivity contribution in [3.63, 3.8) is 0 Å². The molecular weight excluding hydrogens is 337 g/mol. The Labute approximate surface area is 142 Å². The van der Waals surface area contributed by atoms with Gasteiger partial charge in [0, 0.05) is 25.8 Å². The summed E-state index contributed by atoms with van der Waals surface area (Å²) in [5.74, 6) is 0.843. The van der Waals surface area contributed by atoms with E-state index in [0.29, 0.717) is 37.8 Å². The summed E-state index contributed by atoms with van der Waals surface area (Å²) >= 11 is 0. The summed E-state index contributed by atoms with van der Waals surface area (Å²) in [7, 11) is 0. The number of aromatic nitrogens is 2. The van der Waals surface area contributed by atoms with E-state index in [2.05, 4.69) is 20.0 Å². The Morgan fingerprint density at radius 1 is 1.24 bits per heavy atom. The number of rotatable bonds is 5. The Morgan fingerprint density at radius 3 is 2.84 bits per heavy atom. The Hall–Kier alpha value is -2.55. The molecule has 2 N–H and O–H groups in total. The SMILES string of the molecule is OCCNc1nccc(N2CCc3ccc(OC(F)(F)F)cc3C2)n1. The fourth-order valence-corrected chi connectivity index (χ4v) is 2.70. The minimum absolute atomic E-state index is 0.0351. The van der Waals surface area contributed by atoms with Crippen LogP contribution in [0.3, 0.4) is 0 Å². The number of nitrogens with zero attached hydrogens (tertiary/aromatic N) is 3. The Bertz CT molecular complexity index is 740. The standard InChI is InChI=1S/C16H17F3N4O2/c17-16(18,19)25-13-2-1-11-4-7-23(10-12(11)9-13)14-3-5-20-15(22-14)21-6-8-24/h1-3,5,9,24H,4,6-8,10H2,(H,20,21,22). The molecule has 2 aromatic rings. The maximum atomic E-state index is 12.4. The number of anilines is 2. The molecule has 25 heavy (non-hydrogen) atoms. The second-order valence-electron chi connectivity index (χ2n) is 5.54. The monoisotopic (exact) mass is 354 g/mol. The second-order valence-corrected chi connectivity index (χ2v) is 5.54. The topological polar surface area (TPSA) is 70.5 Å². The number of ether oxygens (including phenoxy) is 1. The molecule has 2 heterocycles. The molecule has 0 saturated heterocycles. The molecule has 1 aliphatic rings. The molecule has 0 bridgehead atoms. The fourth-order valence-electron chi connectivity index (χ4n) is 2.70. The van der Waals surface area contributed by atoms with Crippen LogP contribution < -0.4 is 15.0 Å². The lowest BCUT2D eigenvalue weighted by molar-refractivity contribution is -0.274. The van der Waals surface area contributed by atoms with Gasteiger partial charge in [0.1, 0.15) is 11.6 Å². The van der Waals surface area contributed by atoms with Crippen molar-refractivity contribution < 1.29 is 23.0 Å². The number of nitrogens with one attached hydrogen (secondary N) is 1. The predicted octanol–water partition coefficient (Wildman–Crippen LogP) is 2.34. The Kier molecular flexibility index (Phi) is 4.93. The number of hydrogen-bond donors (Lipinski definition) is 2. The van der Waals surface area contributed by atoms with Crippen LogP contribution in [0.4, 0.5) is 24.9 Å². The Balaban J connectivity index is 1.77. The predicted molar refractivity (Wildman–Crippen MR) is 85.5 cm³/mol. The van der Waals surface area contributed by atoms with Gasteiger partial charge in [-0.2, -0.15) is 4.98 Å². The van der Waals surface area contributed by atoms with Gasteiger partial charge in [0.2, 0.25) is 5.95 Å². The fraction of sp³-hybridized carbons (Fsp3) is 0.375. The lowest BCUT2D eigenvalue weighted by atomic mass is 9.99. The molecule has 0 fully saturated rings. The van der Waals surface area contributed by atoms with Crippen LogP contribution in [0.25, 0.3) is 0 Å². The van der Waals surface area contributed by atoms with Gasteiger partial charge in [-0.3, -0.25) is 0 Å². The van der Waals surface area contributed by atoms with Gasteiger partial charge in [0.25, 0.3) is 0 Å². The summed E-state index contributed by atoms with van der Waals surface area (Å²) in [6.07, 6.45) is -2.41. The van der Waals surface area contributed by atoms with E-state index in [1.54, 1.807) is 18.3 Å². The number of alkyl halides is 3. The van der Waals surface area contributed by atoms with E-state index in [1.807, 2.05) is 4.90 Å². The molecule has 0 saturated carbocycles. The van der Waals surface area contributed by atoms with Crippen molar-refractivity contribution in [2.75, 3.05) is 29.9 Å². The summed E-state index contributed by atoms with van der Waals surface area (Å²) in [5, 5.41) is 11.7. The molecular formula is C16H17F3N4O2. The smallest absolute Gasteiger partial charge is 0.406 e. The zero-order valence-electron chi connectivity index (χ0n) is 13.3. The van der Waals surface area contributed by atoms with E-state index in [-0.39, 0.29) is 12.4 Å². The Morgan fingerprint density at radius 2 is 2.08 bits per heavy atom. The minimum Gasteiger partial charge on any atom is -0.406 e. The molecule has 1 aromatic carbocycles. The van der Waals surface area contributed by atoms with Gasteiger partial charge in [0.05, 0.1) is 6.61 Å². The van der Waals surface area contributed by atoms with Crippen LogP contribution in [0.2, 0.25) is 0 Å². The summed E-state index contributed by atoms with van der Waals surface area (Å²) in [4.78, 5) is 10.4. The highest BCUT2D eigenvalue weighted by atomic mass is 19.4. The first-order chi connectivity index (χ1) is 11.9. The lowest BCUT2D eigenvalue weighted by Gasteiger charge is -2.30. The van der Waals surface area contributed by atoms with Gasteiger partial charge in [-0.15, -0.1) is 13.2 Å². The molecule has 0 amide bonds. The molecule has 0 radical (unpaired) electrons. The average molecular weight is 354 g/mol. The first kappa shape index (κ1) is 17.3. The largest absolute Gasteiger partial charge is 0.573 e. The highest BCUT2D eigenvalue weighted by Crippen LogP contribution is 2.29. The summed E-state index contributed by atoms with van der Waals surface area (Å²) < 4.78 is 41.2. The lowest BCUT2D eigenvalue weighted by Crippen LogP contribution is -2.31. The third-order valence-electron chi connectivity index (χ3n) is 3.78. The molecule has 0 atom stereocenters. The first-order valence-electron chi connectivity index (χ1n) is 7.75.